The summed E-state index contributed by atoms with van der Waals surface area (Å²) in [7, 11) is 1.64. The third-order valence-corrected chi connectivity index (χ3v) is 7.27. The Kier molecular flexibility index (Phi) is 6.88. The Morgan fingerprint density at radius 1 is 1.21 bits per heavy atom. The fraction of sp³-hybridized carbons (Fsp3) is 0.310. The highest BCUT2D eigenvalue weighted by Crippen LogP contribution is 2.42. The van der Waals surface area contributed by atoms with Gasteiger partial charge in [0, 0.05) is 42.3 Å². The van der Waals surface area contributed by atoms with Crippen molar-refractivity contribution in [2.24, 2.45) is 4.99 Å². The number of benzene rings is 3. The van der Waals surface area contributed by atoms with E-state index in [1.807, 2.05) is 44.2 Å². The Morgan fingerprint density at radius 2 is 2.00 bits per heavy atom. The van der Waals surface area contributed by atoms with E-state index in [-0.39, 0.29) is 31.2 Å². The standard InChI is InChI=1S/C29H29ClF2N4O2/c1-17-7-20(30)11-22(8-17)36-16-34-26-9-18(2)24(19-5-4-6-23(37)10-19)12-25(26)27(36)28(38)35(3)14-21-13-29(31,32)15-33-21/h4-12,16,21,27,33,37H,13-15H2,1-3H3/t21-,27?/m0/s1. The number of aryl methyl sites for hydroxylation is 2. The van der Waals surface area contributed by atoms with Crippen molar-refractivity contribution in [1.82, 2.24) is 10.2 Å². The van der Waals surface area contributed by atoms with Crippen molar-refractivity contribution >= 4 is 35.2 Å². The highest BCUT2D eigenvalue weighted by Gasteiger charge is 2.41. The number of amides is 1. The van der Waals surface area contributed by atoms with E-state index >= 15 is 0 Å². The minimum atomic E-state index is -2.78. The molecule has 2 N–H and O–H groups in total. The first kappa shape index (κ1) is 26.1. The van der Waals surface area contributed by atoms with Gasteiger partial charge in [0.15, 0.2) is 0 Å². The predicted molar refractivity (Wildman–Crippen MR) is 147 cm³/mol. The van der Waals surface area contributed by atoms with Crippen LogP contribution in [0.25, 0.3) is 11.1 Å². The van der Waals surface area contributed by atoms with Crippen molar-refractivity contribution < 1.29 is 18.7 Å². The number of aliphatic imine (C=N–C) groups is 1. The minimum absolute atomic E-state index is 0.141. The van der Waals surface area contributed by atoms with E-state index < -0.39 is 18.0 Å². The molecule has 1 amide bonds. The predicted octanol–water partition coefficient (Wildman–Crippen LogP) is 6.01. The number of anilines is 1. The average Bonchev–Trinajstić information content (AvgIpc) is 3.19. The van der Waals surface area contributed by atoms with Crippen LogP contribution in [0.5, 0.6) is 5.75 Å². The van der Waals surface area contributed by atoms with Gasteiger partial charge in [-0.3, -0.25) is 4.79 Å². The van der Waals surface area contributed by atoms with Gasteiger partial charge in [-0.05, 0) is 78.6 Å². The maximum absolute atomic E-state index is 14.1. The van der Waals surface area contributed by atoms with Crippen LogP contribution in [-0.2, 0) is 4.79 Å². The number of carbonyl (C=O) groups is 1. The lowest BCUT2D eigenvalue weighted by molar-refractivity contribution is -0.131. The number of carbonyl (C=O) groups excluding carboxylic acids is 1. The number of fused-ring (bicyclic) bond motifs is 1. The topological polar surface area (TPSA) is 68.2 Å². The van der Waals surface area contributed by atoms with Crippen LogP contribution in [0.4, 0.5) is 20.2 Å². The number of nitrogens with one attached hydrogen (secondary N) is 1. The van der Waals surface area contributed by atoms with Crippen molar-refractivity contribution in [3.05, 3.63) is 76.3 Å². The molecule has 1 saturated heterocycles. The van der Waals surface area contributed by atoms with E-state index in [9.17, 15) is 18.7 Å². The zero-order valence-corrected chi connectivity index (χ0v) is 22.1. The molecule has 9 heteroatoms. The van der Waals surface area contributed by atoms with E-state index in [1.165, 1.54) is 4.90 Å². The van der Waals surface area contributed by atoms with Gasteiger partial charge in [0.1, 0.15) is 11.8 Å². The molecule has 0 aromatic heterocycles. The molecule has 1 fully saturated rings. The molecule has 0 bridgehead atoms. The van der Waals surface area contributed by atoms with Crippen LogP contribution in [0.1, 0.15) is 29.2 Å². The molecule has 2 aliphatic rings. The zero-order valence-electron chi connectivity index (χ0n) is 21.4. The van der Waals surface area contributed by atoms with E-state index in [2.05, 4.69) is 10.3 Å². The Morgan fingerprint density at radius 3 is 2.68 bits per heavy atom. The molecule has 3 aromatic carbocycles. The summed E-state index contributed by atoms with van der Waals surface area (Å²) in [5, 5.41) is 13.4. The van der Waals surface area contributed by atoms with Crippen LogP contribution < -0.4 is 10.2 Å². The van der Waals surface area contributed by atoms with Gasteiger partial charge in [0.05, 0.1) is 18.6 Å². The molecular formula is C29H29ClF2N4O2. The molecule has 2 atom stereocenters. The summed E-state index contributed by atoms with van der Waals surface area (Å²) in [4.78, 5) is 22.0. The normalized spacial score (nSPS) is 19.9. The molecule has 0 radical (unpaired) electrons. The quantitative estimate of drug-likeness (QED) is 0.418. The first-order valence-corrected chi connectivity index (χ1v) is 12.8. The summed E-state index contributed by atoms with van der Waals surface area (Å²) in [5.41, 5.74) is 5.55. The fourth-order valence-electron chi connectivity index (χ4n) is 5.26. The summed E-state index contributed by atoms with van der Waals surface area (Å²) in [5.74, 6) is -2.89. The second kappa shape index (κ2) is 10.0. The van der Waals surface area contributed by atoms with Crippen molar-refractivity contribution in [1.29, 1.82) is 0 Å². The van der Waals surface area contributed by atoms with Gasteiger partial charge in [-0.1, -0.05) is 23.7 Å². The smallest absolute Gasteiger partial charge is 0.261 e. The van der Waals surface area contributed by atoms with Crippen LogP contribution in [0.2, 0.25) is 5.02 Å². The van der Waals surface area contributed by atoms with Gasteiger partial charge >= 0.3 is 0 Å². The number of hydrogen-bond acceptors (Lipinski definition) is 5. The van der Waals surface area contributed by atoms with Crippen LogP contribution in [0, 0.1) is 13.8 Å². The lowest BCUT2D eigenvalue weighted by Gasteiger charge is -2.36. The SMILES string of the molecule is Cc1cc(Cl)cc(N2C=Nc3cc(C)c(-c4cccc(O)c4)cc3C2C(=O)N(C)C[C@@H]2CC(F)(F)CN2)c1. The summed E-state index contributed by atoms with van der Waals surface area (Å²) < 4.78 is 27.6. The summed E-state index contributed by atoms with van der Waals surface area (Å²) in [6.07, 6.45) is 1.31. The van der Waals surface area contributed by atoms with Gasteiger partial charge in [-0.25, -0.2) is 13.8 Å². The third-order valence-electron chi connectivity index (χ3n) is 7.05. The molecule has 5 rings (SSSR count). The monoisotopic (exact) mass is 538 g/mol. The maximum Gasteiger partial charge on any atom is 0.261 e. The Hall–Kier alpha value is -3.49. The number of phenols is 1. The van der Waals surface area contributed by atoms with E-state index in [1.54, 1.807) is 42.6 Å². The van der Waals surface area contributed by atoms with Crippen LogP contribution in [0.15, 0.2) is 59.6 Å². The average molecular weight is 539 g/mol. The van der Waals surface area contributed by atoms with Crippen molar-refractivity contribution in [3.8, 4) is 16.9 Å². The van der Waals surface area contributed by atoms with Gasteiger partial charge in [-0.2, -0.15) is 0 Å². The maximum atomic E-state index is 14.1. The lowest BCUT2D eigenvalue weighted by atomic mass is 9.91. The van der Waals surface area contributed by atoms with Crippen LogP contribution in [-0.4, -0.2) is 54.4 Å². The zero-order chi connectivity index (χ0) is 27.2. The number of rotatable bonds is 5. The minimum Gasteiger partial charge on any atom is -0.508 e. The summed E-state index contributed by atoms with van der Waals surface area (Å²) in [6, 6.07) is 15.0. The van der Waals surface area contributed by atoms with Crippen molar-refractivity contribution in [3.63, 3.8) is 0 Å². The molecule has 2 heterocycles. The number of alkyl halides is 2. The largest absolute Gasteiger partial charge is 0.508 e. The lowest BCUT2D eigenvalue weighted by Crippen LogP contribution is -2.46. The molecular weight excluding hydrogens is 510 g/mol. The first-order valence-electron chi connectivity index (χ1n) is 12.4. The van der Waals surface area contributed by atoms with E-state index in [4.69, 9.17) is 11.6 Å². The van der Waals surface area contributed by atoms with E-state index in [0.717, 1.165) is 22.3 Å². The number of halogens is 3. The number of hydrogen-bond donors (Lipinski definition) is 2. The Labute approximate surface area is 225 Å². The molecule has 0 saturated carbocycles. The second-order valence-electron chi connectivity index (χ2n) is 10.2. The van der Waals surface area contributed by atoms with Gasteiger partial charge < -0.3 is 20.2 Å². The molecule has 6 nitrogen and oxygen atoms in total. The molecule has 38 heavy (non-hydrogen) atoms. The molecule has 0 spiro atoms. The van der Waals surface area contributed by atoms with Gasteiger partial charge in [0.2, 0.25) is 5.91 Å². The highest BCUT2D eigenvalue weighted by atomic mass is 35.5. The molecule has 3 aromatic rings. The van der Waals surface area contributed by atoms with Crippen molar-refractivity contribution in [2.75, 3.05) is 25.0 Å². The molecule has 2 aliphatic heterocycles. The Bertz CT molecular complexity index is 1410. The summed E-state index contributed by atoms with van der Waals surface area (Å²) >= 11 is 6.37. The number of likely N-dealkylation sites (N-methyl/N-ethyl adjacent to an activating group) is 1. The van der Waals surface area contributed by atoms with Crippen LogP contribution >= 0.6 is 11.6 Å². The molecule has 198 valence electrons. The van der Waals surface area contributed by atoms with Gasteiger partial charge in [-0.15, -0.1) is 0 Å². The fourth-order valence-corrected chi connectivity index (χ4v) is 5.54. The first-order chi connectivity index (χ1) is 18.0. The molecule has 1 unspecified atom stereocenters. The Balaban J connectivity index is 1.58. The highest BCUT2D eigenvalue weighted by molar-refractivity contribution is 6.31. The molecule has 0 aliphatic carbocycles. The summed E-state index contributed by atoms with van der Waals surface area (Å²) in [6.45, 7) is 3.63. The van der Waals surface area contributed by atoms with Crippen LogP contribution in [0.3, 0.4) is 0 Å². The van der Waals surface area contributed by atoms with Gasteiger partial charge in [0.25, 0.3) is 5.92 Å². The van der Waals surface area contributed by atoms with E-state index in [0.29, 0.717) is 22.0 Å². The number of phenolic OH excluding ortho intramolecular Hbond substituents is 1. The number of nitrogens with zero attached hydrogens (tertiary/aromatic N) is 3. The van der Waals surface area contributed by atoms with Crippen molar-refractivity contribution in [2.45, 2.75) is 38.3 Å². The number of aromatic hydroxyl groups is 1. The third kappa shape index (κ3) is 5.24. The second-order valence-corrected chi connectivity index (χ2v) is 10.6.